The Labute approximate surface area is 131 Å². The van der Waals surface area contributed by atoms with Gasteiger partial charge < -0.3 is 10.6 Å². The topological polar surface area (TPSA) is 66.9 Å². The van der Waals surface area contributed by atoms with Crippen LogP contribution in [0, 0.1) is 0 Å². The third-order valence-electron chi connectivity index (χ3n) is 3.40. The van der Waals surface area contributed by atoms with E-state index in [0.717, 1.165) is 27.5 Å². The van der Waals surface area contributed by atoms with Gasteiger partial charge in [-0.3, -0.25) is 4.79 Å². The first-order valence-electron chi connectivity index (χ1n) is 6.85. The Morgan fingerprint density at radius 3 is 2.91 bits per heavy atom. The van der Waals surface area contributed by atoms with Crippen molar-refractivity contribution in [3.63, 3.8) is 0 Å². The summed E-state index contributed by atoms with van der Waals surface area (Å²) in [5.41, 5.74) is 3.41. The van der Waals surface area contributed by atoms with Crippen molar-refractivity contribution in [1.82, 2.24) is 9.97 Å². The number of hydrogen-bond acceptors (Lipinski definition) is 5. The van der Waals surface area contributed by atoms with E-state index in [-0.39, 0.29) is 5.91 Å². The number of nitrogens with zero attached hydrogens (tertiary/aromatic N) is 2. The predicted molar refractivity (Wildman–Crippen MR) is 87.4 cm³/mol. The van der Waals surface area contributed by atoms with Gasteiger partial charge in [-0.25, -0.2) is 9.97 Å². The van der Waals surface area contributed by atoms with Gasteiger partial charge in [-0.05, 0) is 23.6 Å². The fourth-order valence-corrected chi connectivity index (χ4v) is 3.28. The SMILES string of the molecule is O=C1Cc2cnc(Nc3ccccc3)nc2-c2sccc2N1. The summed E-state index contributed by atoms with van der Waals surface area (Å²) in [7, 11) is 0. The van der Waals surface area contributed by atoms with Gasteiger partial charge in [0.2, 0.25) is 11.9 Å². The Morgan fingerprint density at radius 1 is 1.18 bits per heavy atom. The molecule has 0 atom stereocenters. The van der Waals surface area contributed by atoms with Crippen molar-refractivity contribution in [1.29, 1.82) is 0 Å². The van der Waals surface area contributed by atoms with E-state index in [4.69, 9.17) is 0 Å². The first-order valence-corrected chi connectivity index (χ1v) is 7.73. The van der Waals surface area contributed by atoms with Crippen LogP contribution in [0.3, 0.4) is 0 Å². The molecule has 4 rings (SSSR count). The molecule has 1 amide bonds. The van der Waals surface area contributed by atoms with E-state index in [1.54, 1.807) is 17.5 Å². The number of nitrogens with one attached hydrogen (secondary N) is 2. The van der Waals surface area contributed by atoms with Gasteiger partial charge in [0.05, 0.1) is 22.7 Å². The van der Waals surface area contributed by atoms with Gasteiger partial charge in [-0.15, -0.1) is 11.3 Å². The van der Waals surface area contributed by atoms with E-state index in [0.29, 0.717) is 12.4 Å². The number of aromatic nitrogens is 2. The van der Waals surface area contributed by atoms with E-state index in [2.05, 4.69) is 20.6 Å². The molecular formula is C16H12N4OS. The highest BCUT2D eigenvalue weighted by Crippen LogP contribution is 2.37. The highest BCUT2D eigenvalue weighted by Gasteiger charge is 2.21. The highest BCUT2D eigenvalue weighted by molar-refractivity contribution is 7.14. The average Bonchev–Trinajstić information content (AvgIpc) is 2.93. The average molecular weight is 308 g/mol. The van der Waals surface area contributed by atoms with Crippen molar-refractivity contribution < 1.29 is 4.79 Å². The maximum absolute atomic E-state index is 11.9. The standard InChI is InChI=1S/C16H12N4OS/c21-13-8-10-9-17-16(18-11-4-2-1-3-5-11)20-14(10)15-12(19-13)6-7-22-15/h1-7,9H,8H2,(H,19,21)(H,17,18,20). The first kappa shape index (κ1) is 13.0. The second-order valence-corrected chi connectivity index (χ2v) is 5.86. The summed E-state index contributed by atoms with van der Waals surface area (Å²) in [6, 6.07) is 11.7. The zero-order valence-electron chi connectivity index (χ0n) is 11.5. The molecule has 0 unspecified atom stereocenters. The van der Waals surface area contributed by atoms with E-state index < -0.39 is 0 Å². The molecule has 2 aromatic heterocycles. The van der Waals surface area contributed by atoms with Crippen LogP contribution >= 0.6 is 11.3 Å². The molecule has 1 aromatic carbocycles. The molecule has 1 aliphatic rings. The lowest BCUT2D eigenvalue weighted by Gasteiger charge is -2.08. The number of para-hydroxylation sites is 1. The molecule has 0 radical (unpaired) electrons. The van der Waals surface area contributed by atoms with Crippen LogP contribution in [-0.4, -0.2) is 15.9 Å². The maximum Gasteiger partial charge on any atom is 0.228 e. The second-order valence-electron chi connectivity index (χ2n) is 4.95. The van der Waals surface area contributed by atoms with Crippen LogP contribution in [0.2, 0.25) is 0 Å². The lowest BCUT2D eigenvalue weighted by molar-refractivity contribution is -0.115. The summed E-state index contributed by atoms with van der Waals surface area (Å²) in [6.07, 6.45) is 2.02. The predicted octanol–water partition coefficient (Wildman–Crippen LogP) is 3.44. The molecule has 3 heterocycles. The van der Waals surface area contributed by atoms with Gasteiger partial charge >= 0.3 is 0 Å². The summed E-state index contributed by atoms with van der Waals surface area (Å²) in [5, 5.41) is 8.04. The number of hydrogen-bond donors (Lipinski definition) is 2. The van der Waals surface area contributed by atoms with E-state index in [1.165, 1.54) is 0 Å². The number of amides is 1. The molecule has 1 aliphatic heterocycles. The molecule has 0 aliphatic carbocycles. The second kappa shape index (κ2) is 5.23. The van der Waals surface area contributed by atoms with Crippen LogP contribution in [0.1, 0.15) is 5.56 Å². The monoisotopic (exact) mass is 308 g/mol. The van der Waals surface area contributed by atoms with Gasteiger partial charge in [0.25, 0.3) is 0 Å². The van der Waals surface area contributed by atoms with Crippen LogP contribution in [0.4, 0.5) is 17.3 Å². The van der Waals surface area contributed by atoms with Crippen LogP contribution in [0.25, 0.3) is 10.6 Å². The number of carbonyl (C=O) groups excluding carboxylic acids is 1. The van der Waals surface area contributed by atoms with Crippen molar-refractivity contribution >= 4 is 34.6 Å². The number of thiophene rings is 1. The van der Waals surface area contributed by atoms with E-state index >= 15 is 0 Å². The minimum absolute atomic E-state index is 0.0363. The van der Waals surface area contributed by atoms with Crippen molar-refractivity contribution in [2.24, 2.45) is 0 Å². The number of carbonyl (C=O) groups is 1. The Bertz CT molecular complexity index is 844. The molecular weight excluding hydrogens is 296 g/mol. The Balaban J connectivity index is 1.77. The number of anilines is 3. The molecule has 0 bridgehead atoms. The zero-order chi connectivity index (χ0) is 14.9. The molecule has 0 saturated carbocycles. The van der Waals surface area contributed by atoms with Gasteiger partial charge in [-0.1, -0.05) is 18.2 Å². The summed E-state index contributed by atoms with van der Waals surface area (Å²) in [6.45, 7) is 0. The largest absolute Gasteiger partial charge is 0.324 e. The maximum atomic E-state index is 11.9. The molecule has 0 fully saturated rings. The van der Waals surface area contributed by atoms with Crippen molar-refractivity contribution in [2.45, 2.75) is 6.42 Å². The van der Waals surface area contributed by atoms with Crippen molar-refractivity contribution in [3.8, 4) is 10.6 Å². The third-order valence-corrected chi connectivity index (χ3v) is 4.32. The first-order chi connectivity index (χ1) is 10.8. The molecule has 108 valence electrons. The highest BCUT2D eigenvalue weighted by atomic mass is 32.1. The zero-order valence-corrected chi connectivity index (χ0v) is 12.4. The number of benzene rings is 1. The quantitative estimate of drug-likeness (QED) is 0.761. The summed E-state index contributed by atoms with van der Waals surface area (Å²) < 4.78 is 0. The van der Waals surface area contributed by atoms with Crippen molar-refractivity contribution in [2.75, 3.05) is 10.6 Å². The molecule has 0 spiro atoms. The Hall–Kier alpha value is -2.73. The molecule has 0 saturated heterocycles. The molecule has 2 N–H and O–H groups in total. The van der Waals surface area contributed by atoms with Gasteiger partial charge in [0.1, 0.15) is 0 Å². The van der Waals surface area contributed by atoms with Crippen LogP contribution in [-0.2, 0) is 11.2 Å². The van der Waals surface area contributed by atoms with E-state index in [9.17, 15) is 4.79 Å². The summed E-state index contributed by atoms with van der Waals surface area (Å²) in [5.74, 6) is 0.490. The molecule has 22 heavy (non-hydrogen) atoms. The smallest absolute Gasteiger partial charge is 0.228 e. The molecule has 3 aromatic rings. The third kappa shape index (κ3) is 2.33. The van der Waals surface area contributed by atoms with Gasteiger partial charge in [-0.2, -0.15) is 0 Å². The Kier molecular flexibility index (Phi) is 3.08. The lowest BCUT2D eigenvalue weighted by Crippen LogP contribution is -2.12. The van der Waals surface area contributed by atoms with Crippen LogP contribution < -0.4 is 10.6 Å². The fraction of sp³-hybridized carbons (Fsp3) is 0.0625. The van der Waals surface area contributed by atoms with Gasteiger partial charge in [0, 0.05) is 17.4 Å². The summed E-state index contributed by atoms with van der Waals surface area (Å²) in [4.78, 5) is 21.8. The van der Waals surface area contributed by atoms with Crippen molar-refractivity contribution in [3.05, 3.63) is 53.5 Å². The lowest BCUT2D eigenvalue weighted by atomic mass is 10.1. The summed E-state index contributed by atoms with van der Waals surface area (Å²) >= 11 is 1.57. The molecule has 6 heteroatoms. The number of rotatable bonds is 2. The fourth-order valence-electron chi connectivity index (χ4n) is 2.40. The minimum atomic E-state index is -0.0363. The Morgan fingerprint density at radius 2 is 2.05 bits per heavy atom. The van der Waals surface area contributed by atoms with Gasteiger partial charge in [0.15, 0.2) is 0 Å². The normalized spacial score (nSPS) is 12.8. The van der Waals surface area contributed by atoms with Crippen LogP contribution in [0.5, 0.6) is 0 Å². The van der Waals surface area contributed by atoms with Crippen LogP contribution in [0.15, 0.2) is 48.0 Å². The molecule has 5 nitrogen and oxygen atoms in total. The van der Waals surface area contributed by atoms with E-state index in [1.807, 2.05) is 41.8 Å². The minimum Gasteiger partial charge on any atom is -0.324 e. The number of fused-ring (bicyclic) bond motifs is 3.